The molecule has 4 nitrogen and oxygen atoms in total. The number of hydrogen-bond acceptors (Lipinski definition) is 3. The van der Waals surface area contributed by atoms with E-state index < -0.39 is 18.8 Å². The van der Waals surface area contributed by atoms with Gasteiger partial charge in [0.2, 0.25) is 5.88 Å². The number of rotatable bonds is 4. The minimum Gasteiger partial charge on any atom is -0.481 e. The Balaban J connectivity index is 3.28. The van der Waals surface area contributed by atoms with Crippen molar-refractivity contribution in [2.45, 2.75) is 12.8 Å². The smallest absolute Gasteiger partial charge is 0.307 e. The Morgan fingerprint density at radius 3 is 2.75 bits per heavy atom. The fourth-order valence-electron chi connectivity index (χ4n) is 1.19. The second-order valence-corrected chi connectivity index (χ2v) is 3.92. The van der Waals surface area contributed by atoms with Gasteiger partial charge in [0.1, 0.15) is 3.70 Å². The van der Waals surface area contributed by atoms with E-state index in [2.05, 4.69) is 4.98 Å². The number of carboxylic acid groups (broad SMARTS) is 1. The van der Waals surface area contributed by atoms with Gasteiger partial charge in [-0.3, -0.25) is 4.79 Å². The van der Waals surface area contributed by atoms with Crippen molar-refractivity contribution in [3.05, 3.63) is 20.9 Å². The number of nitrogens with zero attached hydrogens (tertiary/aromatic N) is 1. The number of hydrogen-bond donors (Lipinski definition) is 1. The molecule has 0 atom stereocenters. The molecule has 1 aromatic heterocycles. The van der Waals surface area contributed by atoms with Gasteiger partial charge < -0.3 is 9.84 Å². The summed E-state index contributed by atoms with van der Waals surface area (Å²) in [5, 5.41) is 8.62. The molecule has 0 unspecified atom stereocenters. The van der Waals surface area contributed by atoms with E-state index in [0.29, 0.717) is 0 Å². The van der Waals surface area contributed by atoms with Crippen LogP contribution < -0.4 is 4.74 Å². The van der Waals surface area contributed by atoms with Gasteiger partial charge in [-0.1, -0.05) is 0 Å². The first-order chi connectivity index (χ1) is 7.45. The van der Waals surface area contributed by atoms with E-state index in [4.69, 9.17) is 9.84 Å². The molecule has 0 saturated heterocycles. The molecule has 0 spiro atoms. The number of aromatic nitrogens is 1. The Morgan fingerprint density at radius 2 is 2.31 bits per heavy atom. The Morgan fingerprint density at radius 1 is 1.69 bits per heavy atom. The third kappa shape index (κ3) is 3.00. The number of ether oxygens (including phenoxy) is 1. The van der Waals surface area contributed by atoms with Crippen LogP contribution in [0, 0.1) is 3.70 Å². The number of alkyl halides is 2. The van der Waals surface area contributed by atoms with E-state index in [-0.39, 0.29) is 20.7 Å². The molecular weight excluding hydrogens is 335 g/mol. The van der Waals surface area contributed by atoms with E-state index in [1.807, 2.05) is 0 Å². The van der Waals surface area contributed by atoms with Crippen LogP contribution >= 0.6 is 22.6 Å². The van der Waals surface area contributed by atoms with Crippen LogP contribution in [0.2, 0.25) is 0 Å². The normalized spacial score (nSPS) is 10.6. The minimum atomic E-state index is -2.75. The number of carboxylic acids is 1. The molecule has 0 amide bonds. The van der Waals surface area contributed by atoms with Crippen molar-refractivity contribution in [2.75, 3.05) is 7.11 Å². The van der Waals surface area contributed by atoms with Crippen molar-refractivity contribution in [3.63, 3.8) is 0 Å². The maximum atomic E-state index is 12.7. The fourth-order valence-corrected chi connectivity index (χ4v) is 2.01. The predicted octanol–water partition coefficient (Wildman–Crippen LogP) is 2.26. The summed E-state index contributed by atoms with van der Waals surface area (Å²) >= 11 is 1.63. The zero-order valence-electron chi connectivity index (χ0n) is 8.21. The summed E-state index contributed by atoms with van der Waals surface area (Å²) in [7, 11) is 1.34. The molecule has 0 aliphatic carbocycles. The molecule has 0 aliphatic rings. The second-order valence-electron chi connectivity index (χ2n) is 2.90. The lowest BCUT2D eigenvalue weighted by atomic mass is 10.1. The largest absolute Gasteiger partial charge is 0.481 e. The summed E-state index contributed by atoms with van der Waals surface area (Å²) in [6.45, 7) is 0. The molecule has 0 aliphatic heterocycles. The first-order valence-electron chi connectivity index (χ1n) is 4.19. The maximum Gasteiger partial charge on any atom is 0.307 e. The summed E-state index contributed by atoms with van der Waals surface area (Å²) in [5.74, 6) is -1.05. The summed E-state index contributed by atoms with van der Waals surface area (Å²) in [4.78, 5) is 14.3. The van der Waals surface area contributed by atoms with Crippen molar-refractivity contribution >= 4 is 28.6 Å². The zero-order valence-corrected chi connectivity index (χ0v) is 10.4. The number of halogens is 3. The van der Waals surface area contributed by atoms with Crippen molar-refractivity contribution < 1.29 is 23.4 Å². The quantitative estimate of drug-likeness (QED) is 0.673. The highest BCUT2D eigenvalue weighted by Crippen LogP contribution is 2.29. The molecule has 1 N–H and O–H groups in total. The lowest BCUT2D eigenvalue weighted by molar-refractivity contribution is -0.136. The van der Waals surface area contributed by atoms with Gasteiger partial charge in [0.25, 0.3) is 6.43 Å². The molecule has 88 valence electrons. The SMILES string of the molecule is COc1cc(CC(=O)O)c(C(F)F)c(I)n1. The molecule has 0 saturated carbocycles. The van der Waals surface area contributed by atoms with Crippen molar-refractivity contribution in [1.29, 1.82) is 0 Å². The number of pyridine rings is 1. The number of aliphatic carboxylic acids is 1. The molecule has 1 rings (SSSR count). The second kappa shape index (κ2) is 5.37. The monoisotopic (exact) mass is 343 g/mol. The molecule has 1 aromatic rings. The van der Waals surface area contributed by atoms with Crippen LogP contribution in [0.4, 0.5) is 8.78 Å². The number of carbonyl (C=O) groups is 1. The third-order valence-electron chi connectivity index (χ3n) is 1.84. The van der Waals surface area contributed by atoms with E-state index in [1.165, 1.54) is 13.2 Å². The average molecular weight is 343 g/mol. The van der Waals surface area contributed by atoms with Crippen LogP contribution in [0.5, 0.6) is 5.88 Å². The fraction of sp³-hybridized carbons (Fsp3) is 0.333. The Kier molecular flexibility index (Phi) is 4.39. The lowest BCUT2D eigenvalue weighted by Crippen LogP contribution is -2.08. The van der Waals surface area contributed by atoms with Crippen molar-refractivity contribution in [2.24, 2.45) is 0 Å². The van der Waals surface area contributed by atoms with Crippen molar-refractivity contribution in [3.8, 4) is 5.88 Å². The Hall–Kier alpha value is -0.990. The van der Waals surface area contributed by atoms with E-state index >= 15 is 0 Å². The standard InChI is InChI=1S/C9H8F2INO3/c1-16-5-2-4(3-6(14)15)7(8(10)11)9(12)13-5/h2,8H,3H2,1H3,(H,14,15). The van der Waals surface area contributed by atoms with Gasteiger partial charge in [0.15, 0.2) is 0 Å². The third-order valence-corrected chi connectivity index (χ3v) is 2.67. The van der Waals surface area contributed by atoms with Gasteiger partial charge >= 0.3 is 5.97 Å². The highest BCUT2D eigenvalue weighted by atomic mass is 127. The molecular formula is C9H8F2INO3. The highest BCUT2D eigenvalue weighted by Gasteiger charge is 2.21. The van der Waals surface area contributed by atoms with Gasteiger partial charge in [-0.05, 0) is 28.2 Å². The summed E-state index contributed by atoms with van der Waals surface area (Å²) in [5.41, 5.74) is -0.317. The molecule has 7 heteroatoms. The maximum absolute atomic E-state index is 12.7. The molecule has 0 fully saturated rings. The molecule has 0 aromatic carbocycles. The van der Waals surface area contributed by atoms with Crippen LogP contribution in [-0.2, 0) is 11.2 Å². The Bertz CT molecular complexity index is 412. The molecule has 1 heterocycles. The zero-order chi connectivity index (χ0) is 12.3. The van der Waals surface area contributed by atoms with Gasteiger partial charge in [-0.2, -0.15) is 0 Å². The topological polar surface area (TPSA) is 59.4 Å². The minimum absolute atomic E-state index is 0.0266. The molecule has 16 heavy (non-hydrogen) atoms. The van der Waals surface area contributed by atoms with Crippen LogP contribution in [0.15, 0.2) is 6.07 Å². The molecule has 0 bridgehead atoms. The number of methoxy groups -OCH3 is 1. The Labute approximate surface area is 104 Å². The summed E-state index contributed by atoms with van der Waals surface area (Å²) in [6, 6.07) is 1.22. The van der Waals surface area contributed by atoms with Crippen LogP contribution in [0.25, 0.3) is 0 Å². The van der Waals surface area contributed by atoms with E-state index in [1.54, 1.807) is 22.6 Å². The summed E-state index contributed by atoms with van der Waals surface area (Å²) < 4.78 is 30.2. The van der Waals surface area contributed by atoms with Gasteiger partial charge in [0, 0.05) is 6.07 Å². The summed E-state index contributed by atoms with van der Waals surface area (Å²) in [6.07, 6.45) is -3.23. The predicted molar refractivity (Wildman–Crippen MR) is 59.8 cm³/mol. The van der Waals surface area contributed by atoms with Crippen LogP contribution in [0.1, 0.15) is 17.6 Å². The first kappa shape index (κ1) is 13.1. The molecule has 0 radical (unpaired) electrons. The van der Waals surface area contributed by atoms with Crippen molar-refractivity contribution in [1.82, 2.24) is 4.98 Å². The van der Waals surface area contributed by atoms with E-state index in [9.17, 15) is 13.6 Å². The van der Waals surface area contributed by atoms with Crippen LogP contribution in [0.3, 0.4) is 0 Å². The highest BCUT2D eigenvalue weighted by molar-refractivity contribution is 14.1. The average Bonchev–Trinajstić information content (AvgIpc) is 2.14. The van der Waals surface area contributed by atoms with Gasteiger partial charge in [-0.25, -0.2) is 13.8 Å². The lowest BCUT2D eigenvalue weighted by Gasteiger charge is -2.10. The van der Waals surface area contributed by atoms with Crippen LogP contribution in [-0.4, -0.2) is 23.2 Å². The van der Waals surface area contributed by atoms with Gasteiger partial charge in [0.05, 0.1) is 19.1 Å². The van der Waals surface area contributed by atoms with E-state index in [0.717, 1.165) is 0 Å². The van der Waals surface area contributed by atoms with Gasteiger partial charge in [-0.15, -0.1) is 0 Å². The first-order valence-corrected chi connectivity index (χ1v) is 5.26.